The Morgan fingerprint density at radius 2 is 1.59 bits per heavy atom. The Morgan fingerprint density at radius 1 is 0.882 bits per heavy atom. The average Bonchev–Trinajstić information content (AvgIpc) is 2.67. The van der Waals surface area contributed by atoms with Gasteiger partial charge in [-0.2, -0.15) is 0 Å². The van der Waals surface area contributed by atoms with E-state index >= 15 is 0 Å². The van der Waals surface area contributed by atoms with Gasteiger partial charge in [-0.25, -0.2) is 4.79 Å². The number of carboxylic acid groups (broad SMARTS) is 1. The zero-order valence-corrected chi connectivity index (χ0v) is 10.1. The van der Waals surface area contributed by atoms with Crippen LogP contribution in [0, 0.1) is 0 Å². The fraction of sp³-hybridized carbons (Fsp3) is 0.533. The molecule has 0 bridgehead atoms. The number of benzene rings is 1. The first-order valence-corrected chi connectivity index (χ1v) is 6.67. The second-order valence-electron chi connectivity index (χ2n) is 5.24. The largest absolute Gasteiger partial charge is 0.478 e. The third kappa shape index (κ3) is 1.76. The second kappa shape index (κ2) is 4.17. The summed E-state index contributed by atoms with van der Waals surface area (Å²) in [6.07, 6.45) is 9.19. The van der Waals surface area contributed by atoms with Crippen molar-refractivity contribution in [2.24, 2.45) is 0 Å². The van der Waals surface area contributed by atoms with Gasteiger partial charge in [0.1, 0.15) is 0 Å². The van der Waals surface area contributed by atoms with Crippen molar-refractivity contribution in [3.63, 3.8) is 0 Å². The molecule has 0 amide bonds. The van der Waals surface area contributed by atoms with Crippen molar-refractivity contribution in [1.29, 1.82) is 0 Å². The third-order valence-electron chi connectivity index (χ3n) is 4.22. The Labute approximate surface area is 102 Å². The van der Waals surface area contributed by atoms with Crippen molar-refractivity contribution >= 4 is 5.97 Å². The van der Waals surface area contributed by atoms with Gasteiger partial charge in [-0.05, 0) is 73.3 Å². The molecule has 1 aromatic carbocycles. The lowest BCUT2D eigenvalue weighted by Crippen LogP contribution is -2.07. The summed E-state index contributed by atoms with van der Waals surface area (Å²) in [5.41, 5.74) is 5.93. The van der Waals surface area contributed by atoms with E-state index in [0.29, 0.717) is 5.56 Å². The molecule has 17 heavy (non-hydrogen) atoms. The van der Waals surface area contributed by atoms with E-state index in [2.05, 4.69) is 0 Å². The molecule has 2 aliphatic rings. The number of hydrogen-bond donors (Lipinski definition) is 1. The molecule has 0 fully saturated rings. The minimum atomic E-state index is -0.741. The number of aryl methyl sites for hydroxylation is 1. The molecule has 2 heteroatoms. The van der Waals surface area contributed by atoms with Crippen molar-refractivity contribution in [3.8, 4) is 0 Å². The summed E-state index contributed by atoms with van der Waals surface area (Å²) in [5.74, 6) is -0.741. The Kier molecular flexibility index (Phi) is 2.65. The SMILES string of the molecule is O=C(O)c1cc2c(c3c1CCC3)CCCCC2. The van der Waals surface area contributed by atoms with Crippen LogP contribution in [0.25, 0.3) is 0 Å². The third-order valence-corrected chi connectivity index (χ3v) is 4.22. The molecule has 0 unspecified atom stereocenters. The quantitative estimate of drug-likeness (QED) is 0.752. The monoisotopic (exact) mass is 230 g/mol. The fourth-order valence-electron chi connectivity index (χ4n) is 3.44. The number of hydrogen-bond acceptors (Lipinski definition) is 1. The van der Waals surface area contributed by atoms with E-state index in [4.69, 9.17) is 0 Å². The standard InChI is InChI=1S/C15H18O2/c16-15(17)14-9-10-5-2-1-3-6-11(10)12-7-4-8-13(12)14/h9H,1-8H2,(H,16,17). The first kappa shape index (κ1) is 10.8. The maximum absolute atomic E-state index is 11.3. The van der Waals surface area contributed by atoms with Gasteiger partial charge in [0.05, 0.1) is 5.56 Å². The van der Waals surface area contributed by atoms with Gasteiger partial charge in [0.2, 0.25) is 0 Å². The maximum atomic E-state index is 11.3. The van der Waals surface area contributed by atoms with Gasteiger partial charge in [0.15, 0.2) is 0 Å². The number of carbonyl (C=O) groups is 1. The highest BCUT2D eigenvalue weighted by molar-refractivity contribution is 5.90. The van der Waals surface area contributed by atoms with Gasteiger partial charge in [-0.15, -0.1) is 0 Å². The van der Waals surface area contributed by atoms with Gasteiger partial charge in [-0.3, -0.25) is 0 Å². The van der Waals surface area contributed by atoms with Gasteiger partial charge in [-0.1, -0.05) is 6.42 Å². The van der Waals surface area contributed by atoms with Gasteiger partial charge in [0.25, 0.3) is 0 Å². The molecule has 2 nitrogen and oxygen atoms in total. The Balaban J connectivity index is 2.19. The van der Waals surface area contributed by atoms with Crippen LogP contribution < -0.4 is 0 Å². The van der Waals surface area contributed by atoms with Crippen LogP contribution in [-0.4, -0.2) is 11.1 Å². The zero-order chi connectivity index (χ0) is 11.8. The minimum Gasteiger partial charge on any atom is -0.478 e. The highest BCUT2D eigenvalue weighted by atomic mass is 16.4. The van der Waals surface area contributed by atoms with E-state index < -0.39 is 5.97 Å². The van der Waals surface area contributed by atoms with Crippen LogP contribution in [0.2, 0.25) is 0 Å². The summed E-state index contributed by atoms with van der Waals surface area (Å²) in [6, 6.07) is 1.97. The van der Waals surface area contributed by atoms with E-state index in [1.165, 1.54) is 36.0 Å². The van der Waals surface area contributed by atoms with Crippen LogP contribution in [0.15, 0.2) is 6.07 Å². The average molecular weight is 230 g/mol. The molecule has 1 N–H and O–H groups in total. The van der Waals surface area contributed by atoms with Crippen molar-refractivity contribution in [3.05, 3.63) is 33.9 Å². The number of rotatable bonds is 1. The molecule has 0 saturated carbocycles. The lowest BCUT2D eigenvalue weighted by molar-refractivity contribution is 0.0695. The summed E-state index contributed by atoms with van der Waals surface area (Å²) in [7, 11) is 0. The van der Waals surface area contributed by atoms with Gasteiger partial charge in [0, 0.05) is 0 Å². The summed E-state index contributed by atoms with van der Waals surface area (Å²) < 4.78 is 0. The first-order valence-electron chi connectivity index (χ1n) is 6.67. The van der Waals surface area contributed by atoms with E-state index in [1.54, 1.807) is 0 Å². The van der Waals surface area contributed by atoms with Crippen LogP contribution in [0.3, 0.4) is 0 Å². The maximum Gasteiger partial charge on any atom is 0.335 e. The molecule has 0 aliphatic heterocycles. The molecule has 0 aromatic heterocycles. The van der Waals surface area contributed by atoms with Crippen LogP contribution in [-0.2, 0) is 25.7 Å². The molecule has 90 valence electrons. The predicted molar refractivity (Wildman–Crippen MR) is 66.7 cm³/mol. The molecule has 0 radical (unpaired) electrons. The molecular formula is C15H18O2. The van der Waals surface area contributed by atoms with Crippen LogP contribution in [0.5, 0.6) is 0 Å². The van der Waals surface area contributed by atoms with Gasteiger partial charge < -0.3 is 5.11 Å². The smallest absolute Gasteiger partial charge is 0.335 e. The molecule has 0 spiro atoms. The van der Waals surface area contributed by atoms with Crippen molar-refractivity contribution in [1.82, 2.24) is 0 Å². The lowest BCUT2D eigenvalue weighted by atomic mass is 9.90. The van der Waals surface area contributed by atoms with E-state index in [9.17, 15) is 9.90 Å². The summed E-state index contributed by atoms with van der Waals surface area (Å²) >= 11 is 0. The molecule has 0 heterocycles. The molecule has 0 atom stereocenters. The topological polar surface area (TPSA) is 37.3 Å². The normalized spacial score (nSPS) is 18.4. The molecule has 3 rings (SSSR count). The highest BCUT2D eigenvalue weighted by Gasteiger charge is 2.24. The van der Waals surface area contributed by atoms with Crippen LogP contribution in [0.4, 0.5) is 0 Å². The molecule has 1 aromatic rings. The fourth-order valence-corrected chi connectivity index (χ4v) is 3.44. The molecule has 0 saturated heterocycles. The Hall–Kier alpha value is -1.31. The van der Waals surface area contributed by atoms with E-state index in [-0.39, 0.29) is 0 Å². The summed E-state index contributed by atoms with van der Waals surface area (Å²) in [5, 5.41) is 9.32. The van der Waals surface area contributed by atoms with E-state index in [1.807, 2.05) is 6.07 Å². The van der Waals surface area contributed by atoms with Crippen molar-refractivity contribution < 1.29 is 9.90 Å². The Bertz CT molecular complexity index is 474. The number of aromatic carboxylic acids is 1. The molecule has 2 aliphatic carbocycles. The zero-order valence-electron chi connectivity index (χ0n) is 10.1. The summed E-state index contributed by atoms with van der Waals surface area (Å²) in [4.78, 5) is 11.3. The molecular weight excluding hydrogens is 212 g/mol. The van der Waals surface area contributed by atoms with Crippen molar-refractivity contribution in [2.75, 3.05) is 0 Å². The highest BCUT2D eigenvalue weighted by Crippen LogP contribution is 2.34. The van der Waals surface area contributed by atoms with Gasteiger partial charge >= 0.3 is 5.97 Å². The van der Waals surface area contributed by atoms with Crippen LogP contribution >= 0.6 is 0 Å². The summed E-state index contributed by atoms with van der Waals surface area (Å²) in [6.45, 7) is 0. The Morgan fingerprint density at radius 3 is 2.41 bits per heavy atom. The first-order chi connectivity index (χ1) is 8.27. The predicted octanol–water partition coefficient (Wildman–Crippen LogP) is 3.14. The second-order valence-corrected chi connectivity index (χ2v) is 5.24. The van der Waals surface area contributed by atoms with Crippen LogP contribution in [0.1, 0.15) is 58.3 Å². The van der Waals surface area contributed by atoms with E-state index in [0.717, 1.165) is 37.7 Å². The lowest BCUT2D eigenvalue weighted by Gasteiger charge is -2.14. The number of fused-ring (bicyclic) bond motifs is 3. The number of carboxylic acids is 1. The minimum absolute atomic E-state index is 0.582. The van der Waals surface area contributed by atoms with Crippen molar-refractivity contribution in [2.45, 2.75) is 51.4 Å².